The summed E-state index contributed by atoms with van der Waals surface area (Å²) >= 11 is 0. The normalized spacial score (nSPS) is 41.9. The Morgan fingerprint density at radius 3 is 2.67 bits per heavy atom. The van der Waals surface area contributed by atoms with Crippen LogP contribution in [0.15, 0.2) is 0 Å². The molecule has 5 heteroatoms. The molecule has 52 valence electrons. The highest BCUT2D eigenvalue weighted by Crippen LogP contribution is 2.18. The molecule has 4 N–H and O–H groups in total. The van der Waals surface area contributed by atoms with Crippen LogP contribution in [0, 0.1) is 0 Å². The van der Waals surface area contributed by atoms with Gasteiger partial charge in [0.25, 0.3) is 0 Å². The third kappa shape index (κ3) is 1.09. The zero-order valence-corrected chi connectivity index (χ0v) is 5.03. The predicted molar refractivity (Wildman–Crippen MR) is 33.1 cm³/mol. The van der Waals surface area contributed by atoms with E-state index in [0.717, 1.165) is 0 Å². The molecular weight excluding hydrogens is 121 g/mol. The monoisotopic (exact) mass is 131 g/mol. The largest absolute Gasteiger partial charge is 0.394 e. The Bertz CT molecular complexity index is 91.8. The number of hydrogen-bond donors (Lipinski definition) is 3. The molecule has 0 aromatic heterocycles. The molecule has 0 saturated carbocycles. The van der Waals surface area contributed by atoms with Crippen LogP contribution in [0.4, 0.5) is 0 Å². The minimum absolute atomic E-state index is 0.127. The first-order valence-corrected chi connectivity index (χ1v) is 2.94. The van der Waals surface area contributed by atoms with Crippen LogP contribution >= 0.6 is 0 Å². The van der Waals surface area contributed by atoms with Crippen molar-refractivity contribution in [2.45, 2.75) is 18.2 Å². The van der Waals surface area contributed by atoms with E-state index in [2.05, 4.69) is 0 Å². The van der Waals surface area contributed by atoms with Crippen molar-refractivity contribution in [1.82, 2.24) is 0 Å². The number of hydrogen-bond acceptors (Lipinski definition) is 4. The van der Waals surface area contributed by atoms with Crippen LogP contribution < -0.4 is 5.64 Å². The van der Waals surface area contributed by atoms with Crippen molar-refractivity contribution < 1.29 is 14.9 Å². The van der Waals surface area contributed by atoms with Gasteiger partial charge in [0.1, 0.15) is 12.2 Å². The lowest BCUT2D eigenvalue weighted by Crippen LogP contribution is -2.59. The highest BCUT2D eigenvalue weighted by atomic mass is 16.6. The molecule has 1 rings (SSSR count). The smallest absolute Gasteiger partial charge is 0.235 e. The van der Waals surface area contributed by atoms with Crippen molar-refractivity contribution >= 4 is 7.41 Å². The first-order chi connectivity index (χ1) is 4.29. The highest BCUT2D eigenvalue weighted by Gasteiger charge is 2.39. The van der Waals surface area contributed by atoms with E-state index in [4.69, 9.17) is 20.6 Å². The lowest BCUT2D eigenvalue weighted by molar-refractivity contribution is -0.200. The van der Waals surface area contributed by atoms with E-state index in [-0.39, 0.29) is 12.6 Å². The van der Waals surface area contributed by atoms with Gasteiger partial charge in [-0.05, 0) is 0 Å². The third-order valence-electron chi connectivity index (χ3n) is 1.52. The molecule has 1 aliphatic rings. The Balaban J connectivity index is 2.24. The fourth-order valence-corrected chi connectivity index (χ4v) is 0.881. The van der Waals surface area contributed by atoms with Crippen LogP contribution in [0.1, 0.15) is 0 Å². The molecule has 0 aliphatic carbocycles. The van der Waals surface area contributed by atoms with Gasteiger partial charge in [-0.3, -0.25) is 0 Å². The van der Waals surface area contributed by atoms with E-state index < -0.39 is 12.2 Å². The lowest BCUT2D eigenvalue weighted by Gasteiger charge is -2.39. The van der Waals surface area contributed by atoms with Gasteiger partial charge in [-0.25, -0.2) is 0 Å². The minimum atomic E-state index is -0.569. The second-order valence-corrected chi connectivity index (χ2v) is 2.12. The highest BCUT2D eigenvalue weighted by molar-refractivity contribution is 6.33. The van der Waals surface area contributed by atoms with Gasteiger partial charge in [-0.2, -0.15) is 0 Å². The molecule has 0 aromatic carbocycles. The first kappa shape index (κ1) is 7.02. The number of ether oxygens (including phenoxy) is 1. The van der Waals surface area contributed by atoms with Gasteiger partial charge in [0, 0.05) is 0 Å². The summed E-state index contributed by atoms with van der Waals surface area (Å²) < 4.78 is 4.92. The summed E-state index contributed by atoms with van der Waals surface area (Å²) in [4.78, 5) is 0. The van der Waals surface area contributed by atoms with Crippen molar-refractivity contribution in [1.29, 1.82) is 0 Å². The molecule has 0 bridgehead atoms. The van der Waals surface area contributed by atoms with Gasteiger partial charge in [0.05, 0.1) is 12.6 Å². The summed E-state index contributed by atoms with van der Waals surface area (Å²) in [6.45, 7) is -0.127. The van der Waals surface area contributed by atoms with Crippen molar-refractivity contribution in [3.8, 4) is 0 Å². The van der Waals surface area contributed by atoms with Crippen LogP contribution in [0.2, 0.25) is 0 Å². The van der Waals surface area contributed by atoms with Gasteiger partial charge in [-0.15, -0.1) is 0 Å². The van der Waals surface area contributed by atoms with Crippen molar-refractivity contribution in [3.63, 3.8) is 0 Å². The number of nitrogens with two attached hydrogens (primary N) is 1. The summed E-state index contributed by atoms with van der Waals surface area (Å²) in [5, 5.41) is 17.4. The van der Waals surface area contributed by atoms with Gasteiger partial charge < -0.3 is 20.6 Å². The topological polar surface area (TPSA) is 75.7 Å². The minimum Gasteiger partial charge on any atom is -0.394 e. The predicted octanol–water partition coefficient (Wildman–Crippen LogP) is -2.63. The van der Waals surface area contributed by atoms with Crippen LogP contribution in [0.3, 0.4) is 0 Å². The third-order valence-corrected chi connectivity index (χ3v) is 1.52. The molecule has 2 unspecified atom stereocenters. The van der Waals surface area contributed by atoms with Crippen molar-refractivity contribution in [2.24, 2.45) is 5.64 Å². The molecule has 1 aliphatic heterocycles. The Morgan fingerprint density at radius 2 is 2.33 bits per heavy atom. The molecule has 3 atom stereocenters. The van der Waals surface area contributed by atoms with Crippen molar-refractivity contribution in [2.75, 3.05) is 6.61 Å². The SMILES string of the molecule is NBC1OC(CO)[C@@H]1O. The summed E-state index contributed by atoms with van der Waals surface area (Å²) in [7, 11) is 0.317. The summed E-state index contributed by atoms with van der Waals surface area (Å²) in [5.74, 6) is 0. The average Bonchev–Trinajstić information content (AvgIpc) is 1.87. The Kier molecular flexibility index (Phi) is 2.07. The number of aliphatic hydroxyl groups excluding tert-OH is 2. The summed E-state index contributed by atoms with van der Waals surface area (Å²) in [6, 6.07) is -0.262. The molecule has 0 radical (unpaired) electrons. The molecule has 1 fully saturated rings. The average molecular weight is 131 g/mol. The first-order valence-electron chi connectivity index (χ1n) is 2.94. The Hall–Kier alpha value is -0.0951. The maximum Gasteiger partial charge on any atom is 0.235 e. The van der Waals surface area contributed by atoms with Crippen molar-refractivity contribution in [3.05, 3.63) is 0 Å². The lowest BCUT2D eigenvalue weighted by atomic mass is 9.77. The van der Waals surface area contributed by atoms with Crippen LogP contribution in [0.25, 0.3) is 0 Å². The maximum atomic E-state index is 9.00. The zero-order chi connectivity index (χ0) is 6.85. The molecule has 1 heterocycles. The van der Waals surface area contributed by atoms with Gasteiger partial charge in [0.15, 0.2) is 0 Å². The molecule has 0 aromatic rings. The standard InChI is InChI=1S/C4H10BNO3/c6-5-4-3(8)2(1-7)9-4/h2-5,7-8H,1,6H2/t2?,3-,4?/m0/s1. The molecule has 0 spiro atoms. The van der Waals surface area contributed by atoms with E-state index in [0.29, 0.717) is 7.41 Å². The quantitative estimate of drug-likeness (QED) is 0.358. The van der Waals surface area contributed by atoms with E-state index >= 15 is 0 Å². The fourth-order valence-electron chi connectivity index (χ4n) is 0.881. The Morgan fingerprint density at radius 1 is 1.67 bits per heavy atom. The number of aliphatic hydroxyl groups is 2. The Labute approximate surface area is 53.9 Å². The maximum absolute atomic E-state index is 9.00. The molecule has 1 saturated heterocycles. The van der Waals surface area contributed by atoms with Gasteiger partial charge in [0.2, 0.25) is 7.41 Å². The summed E-state index contributed by atoms with van der Waals surface area (Å²) in [5.41, 5.74) is 5.17. The van der Waals surface area contributed by atoms with Crippen LogP contribution in [0.5, 0.6) is 0 Å². The van der Waals surface area contributed by atoms with E-state index in [1.165, 1.54) is 0 Å². The second-order valence-electron chi connectivity index (χ2n) is 2.12. The van der Waals surface area contributed by atoms with Gasteiger partial charge in [-0.1, -0.05) is 0 Å². The van der Waals surface area contributed by atoms with Crippen LogP contribution in [-0.4, -0.2) is 42.4 Å². The molecular formula is C4H10BNO3. The van der Waals surface area contributed by atoms with Crippen LogP contribution in [-0.2, 0) is 4.74 Å². The van der Waals surface area contributed by atoms with E-state index in [1.807, 2.05) is 0 Å². The molecule has 0 amide bonds. The van der Waals surface area contributed by atoms with Gasteiger partial charge >= 0.3 is 0 Å². The molecule has 4 nitrogen and oxygen atoms in total. The van der Waals surface area contributed by atoms with E-state index in [1.54, 1.807) is 0 Å². The fraction of sp³-hybridized carbons (Fsp3) is 1.00. The summed E-state index contributed by atoms with van der Waals surface area (Å²) in [6.07, 6.45) is -0.974. The van der Waals surface area contributed by atoms with E-state index in [9.17, 15) is 0 Å². The molecule has 9 heavy (non-hydrogen) atoms. The number of rotatable bonds is 2. The zero-order valence-electron chi connectivity index (χ0n) is 5.03. The second kappa shape index (κ2) is 2.66.